The highest BCUT2D eigenvalue weighted by molar-refractivity contribution is 5.22. The molecule has 2 unspecified atom stereocenters. The Bertz CT molecular complexity index is 957. The molecule has 0 bridgehead atoms. The van der Waals surface area contributed by atoms with E-state index in [0.717, 1.165) is 38.5 Å². The van der Waals surface area contributed by atoms with Crippen molar-refractivity contribution in [2.45, 2.75) is 96.3 Å². The Morgan fingerprint density at radius 1 is 1.15 bits per heavy atom. The maximum absolute atomic E-state index is 12.2. The van der Waals surface area contributed by atoms with Crippen LogP contribution in [-0.2, 0) is 11.3 Å². The van der Waals surface area contributed by atoms with Crippen molar-refractivity contribution in [3.63, 3.8) is 0 Å². The van der Waals surface area contributed by atoms with Gasteiger partial charge in [-0.25, -0.2) is 0 Å². The van der Waals surface area contributed by atoms with Gasteiger partial charge in [-0.15, -0.1) is 0 Å². The number of fused-ring (bicyclic) bond motifs is 5. The van der Waals surface area contributed by atoms with Crippen LogP contribution in [0, 0.1) is 51.8 Å². The molecule has 1 aromatic rings. The number of aliphatic hydroxyl groups is 2. The van der Waals surface area contributed by atoms with Crippen LogP contribution in [0.1, 0.15) is 84.1 Å². The van der Waals surface area contributed by atoms with Gasteiger partial charge >= 0.3 is 0 Å². The topological polar surface area (TPSA) is 91.3 Å². The van der Waals surface area contributed by atoms with E-state index >= 15 is 0 Å². The van der Waals surface area contributed by atoms with Crippen molar-refractivity contribution in [2.24, 2.45) is 40.4 Å². The van der Waals surface area contributed by atoms with Gasteiger partial charge in [-0.1, -0.05) is 20.8 Å². The van der Waals surface area contributed by atoms with Crippen LogP contribution in [0.4, 0.5) is 0 Å². The molecule has 4 saturated carbocycles. The molecule has 4 aliphatic rings. The molecule has 0 spiro atoms. The molecule has 0 radical (unpaired) electrons. The molecule has 0 aliphatic heterocycles. The van der Waals surface area contributed by atoms with Gasteiger partial charge in [0.25, 0.3) is 0 Å². The molecule has 0 aromatic carbocycles. The average molecular weight is 470 g/mol. The highest BCUT2D eigenvalue weighted by Gasteiger charge is 2.66. The first-order chi connectivity index (χ1) is 16.1. The van der Waals surface area contributed by atoms with Gasteiger partial charge in [-0.2, -0.15) is 10.4 Å². The van der Waals surface area contributed by atoms with Crippen LogP contribution >= 0.6 is 0 Å². The van der Waals surface area contributed by atoms with Crippen LogP contribution in [0.25, 0.3) is 0 Å². The number of hydrogen-bond acceptors (Lipinski definition) is 5. The van der Waals surface area contributed by atoms with Gasteiger partial charge in [0.1, 0.15) is 6.07 Å². The molecular weight excluding hydrogens is 426 g/mol. The number of rotatable bonds is 5. The zero-order valence-electron chi connectivity index (χ0n) is 21.5. The molecule has 34 heavy (non-hydrogen) atoms. The minimum Gasteiger partial charge on any atom is -0.389 e. The van der Waals surface area contributed by atoms with Gasteiger partial charge in [0, 0.05) is 25.8 Å². The summed E-state index contributed by atoms with van der Waals surface area (Å²) in [6, 6.07) is 2.15. The summed E-state index contributed by atoms with van der Waals surface area (Å²) < 4.78 is 7.20. The molecule has 1 heterocycles. The van der Waals surface area contributed by atoms with E-state index < -0.39 is 11.2 Å². The summed E-state index contributed by atoms with van der Waals surface area (Å²) in [4.78, 5) is 0. The van der Waals surface area contributed by atoms with E-state index in [2.05, 4.69) is 31.9 Å². The summed E-state index contributed by atoms with van der Waals surface area (Å²) in [5.74, 6) is 2.57. The molecule has 0 saturated heterocycles. The highest BCUT2D eigenvalue weighted by Crippen LogP contribution is 2.69. The third-order valence-corrected chi connectivity index (χ3v) is 11.5. The zero-order chi connectivity index (χ0) is 24.4. The van der Waals surface area contributed by atoms with Crippen LogP contribution in [0.3, 0.4) is 0 Å². The normalized spacial score (nSPS) is 46.7. The summed E-state index contributed by atoms with van der Waals surface area (Å²) >= 11 is 0. The van der Waals surface area contributed by atoms with Crippen LogP contribution in [0.5, 0.6) is 0 Å². The van der Waals surface area contributed by atoms with Crippen molar-refractivity contribution >= 4 is 0 Å². The summed E-state index contributed by atoms with van der Waals surface area (Å²) in [6.45, 7) is 8.15. The van der Waals surface area contributed by atoms with E-state index in [1.807, 2.05) is 4.68 Å². The summed E-state index contributed by atoms with van der Waals surface area (Å²) in [7, 11) is 1.70. The number of hydrogen-bond donors (Lipinski definition) is 2. The number of methoxy groups -OCH3 is 1. The second-order valence-corrected chi connectivity index (χ2v) is 12.9. The lowest BCUT2D eigenvalue weighted by molar-refractivity contribution is -0.187. The van der Waals surface area contributed by atoms with Crippen LogP contribution < -0.4 is 0 Å². The van der Waals surface area contributed by atoms with Gasteiger partial charge in [0.15, 0.2) is 0 Å². The van der Waals surface area contributed by atoms with Gasteiger partial charge in [0.05, 0.1) is 29.6 Å². The summed E-state index contributed by atoms with van der Waals surface area (Å²) in [5.41, 5.74) is -0.572. The van der Waals surface area contributed by atoms with E-state index in [1.165, 1.54) is 19.3 Å². The fraction of sp³-hybridized carbons (Fsp3) is 0.857. The third-order valence-electron chi connectivity index (χ3n) is 11.5. The Balaban J connectivity index is 1.35. The largest absolute Gasteiger partial charge is 0.389 e. The van der Waals surface area contributed by atoms with E-state index in [-0.39, 0.29) is 11.3 Å². The quantitative estimate of drug-likeness (QED) is 0.660. The van der Waals surface area contributed by atoms with E-state index in [0.29, 0.717) is 47.8 Å². The number of nitriles is 1. The third kappa shape index (κ3) is 3.49. The molecule has 5 rings (SSSR count). The van der Waals surface area contributed by atoms with Gasteiger partial charge < -0.3 is 14.9 Å². The molecule has 6 heteroatoms. The first kappa shape index (κ1) is 24.3. The van der Waals surface area contributed by atoms with E-state index in [1.54, 1.807) is 19.5 Å². The minimum absolute atomic E-state index is 0.0759. The van der Waals surface area contributed by atoms with Gasteiger partial charge in [0.2, 0.25) is 0 Å². The van der Waals surface area contributed by atoms with Crippen molar-refractivity contribution in [3.8, 4) is 6.07 Å². The molecule has 188 valence electrons. The molecule has 9 atom stereocenters. The predicted octanol–water partition coefficient (Wildman–Crippen LogP) is 4.54. The Kier molecular flexibility index (Phi) is 5.94. The predicted molar refractivity (Wildman–Crippen MR) is 130 cm³/mol. The van der Waals surface area contributed by atoms with E-state index in [4.69, 9.17) is 10.00 Å². The van der Waals surface area contributed by atoms with Crippen LogP contribution in [0.15, 0.2) is 12.4 Å². The van der Waals surface area contributed by atoms with Crippen molar-refractivity contribution < 1.29 is 14.9 Å². The number of nitrogens with zero attached hydrogens (tertiary/aromatic N) is 3. The Morgan fingerprint density at radius 2 is 1.91 bits per heavy atom. The molecule has 4 aliphatic carbocycles. The monoisotopic (exact) mass is 469 g/mol. The first-order valence-corrected chi connectivity index (χ1v) is 13.4. The van der Waals surface area contributed by atoms with Crippen molar-refractivity contribution in [3.05, 3.63) is 18.0 Å². The first-order valence-electron chi connectivity index (χ1n) is 13.4. The smallest absolute Gasteiger partial charge is 0.102 e. The fourth-order valence-electron chi connectivity index (χ4n) is 9.54. The average Bonchev–Trinajstić information content (AvgIpc) is 3.37. The minimum atomic E-state index is -0.704. The van der Waals surface area contributed by atoms with Gasteiger partial charge in [-0.05, 0) is 92.3 Å². The van der Waals surface area contributed by atoms with Crippen molar-refractivity contribution in [1.82, 2.24) is 9.78 Å². The van der Waals surface area contributed by atoms with Crippen molar-refractivity contribution in [2.75, 3.05) is 13.7 Å². The lowest BCUT2D eigenvalue weighted by atomic mass is 9.43. The van der Waals surface area contributed by atoms with Crippen LogP contribution in [0.2, 0.25) is 0 Å². The maximum atomic E-state index is 12.2. The molecule has 4 fully saturated rings. The number of aromatic nitrogens is 2. The molecule has 2 N–H and O–H groups in total. The highest BCUT2D eigenvalue weighted by atomic mass is 16.5. The standard InChI is InChI=1S/C28H43N3O3/c1-19(16-31-17-20(14-29)15-30-31)28(33)10-8-24-22-6-5-21-13-27(32,18-34-4)12-11-25(21,2)23(22)7-9-26(24,28)3/h15,17,19,21-24,32-33H,5-13,16,18H2,1-4H3/t19-,21+,22+,23?,24?,25-,26-,27+,28-/m0/s1. The number of ether oxygens (including phenoxy) is 1. The van der Waals surface area contributed by atoms with E-state index in [9.17, 15) is 10.2 Å². The zero-order valence-corrected chi connectivity index (χ0v) is 21.5. The Hall–Kier alpha value is -1.42. The second kappa shape index (κ2) is 8.32. The van der Waals surface area contributed by atoms with Gasteiger partial charge in [-0.3, -0.25) is 4.68 Å². The van der Waals surface area contributed by atoms with Crippen LogP contribution in [-0.4, -0.2) is 44.9 Å². The summed E-state index contributed by atoms with van der Waals surface area (Å²) in [5, 5.41) is 36.8. The SMILES string of the molecule is COC[C@@]1(O)CC[C@]2(C)C3CC[C@@]4(C)C(CC[C@]4(O)[C@@H](C)Cn4cc(C#N)cn4)[C@@H]3CC[C@@H]2C1. The summed E-state index contributed by atoms with van der Waals surface area (Å²) in [6.07, 6.45) is 12.8. The molecule has 0 amide bonds. The molecule has 6 nitrogen and oxygen atoms in total. The fourth-order valence-corrected chi connectivity index (χ4v) is 9.54. The second-order valence-electron chi connectivity index (χ2n) is 12.9. The Morgan fingerprint density at radius 3 is 2.62 bits per heavy atom. The Labute approximate surface area is 204 Å². The lowest BCUT2D eigenvalue weighted by Crippen LogP contribution is -2.59. The molecule has 1 aromatic heterocycles. The van der Waals surface area contributed by atoms with Crippen molar-refractivity contribution in [1.29, 1.82) is 5.26 Å². The lowest BCUT2D eigenvalue weighted by Gasteiger charge is -2.63. The molecular formula is C28H43N3O3. The maximum Gasteiger partial charge on any atom is 0.102 e.